The van der Waals surface area contributed by atoms with E-state index < -0.39 is 23.9 Å². The van der Waals surface area contributed by atoms with E-state index in [1.54, 1.807) is 6.20 Å². The Morgan fingerprint density at radius 1 is 1.26 bits per heavy atom. The van der Waals surface area contributed by atoms with Crippen molar-refractivity contribution in [2.24, 2.45) is 0 Å². The zero-order valence-corrected chi connectivity index (χ0v) is 19.7. The van der Waals surface area contributed by atoms with Crippen LogP contribution in [0.1, 0.15) is 72.9 Å². The fourth-order valence-electron chi connectivity index (χ4n) is 4.19. The maximum atomic E-state index is 12.6. The fourth-order valence-corrected chi connectivity index (χ4v) is 4.19. The standard InChI is InChI=1S/C23H34BN3O4/c1-21(2,3)29-20(28)27-12-8-9-15(14-27)18-13-16-17(10-11-25-19(16)26-18)24-30-22(4,5)23(6,7)31-24/h10-11,13,15H,8-9,12,14H2,1-7H3,(H,25,26). The number of likely N-dealkylation sites (tertiary alicyclic amines) is 1. The summed E-state index contributed by atoms with van der Waals surface area (Å²) in [7, 11) is -0.441. The molecule has 2 fully saturated rings. The van der Waals surface area contributed by atoms with Crippen molar-refractivity contribution in [1.29, 1.82) is 0 Å². The Morgan fingerprint density at radius 2 is 1.94 bits per heavy atom. The van der Waals surface area contributed by atoms with Crippen molar-refractivity contribution in [2.45, 2.75) is 84.0 Å². The van der Waals surface area contributed by atoms with Gasteiger partial charge in [0, 0.05) is 36.3 Å². The third-order valence-corrected chi connectivity index (χ3v) is 6.61. The monoisotopic (exact) mass is 427 g/mol. The van der Waals surface area contributed by atoms with Crippen LogP contribution in [0.4, 0.5) is 4.79 Å². The van der Waals surface area contributed by atoms with Crippen molar-refractivity contribution in [3.63, 3.8) is 0 Å². The summed E-state index contributed by atoms with van der Waals surface area (Å²) >= 11 is 0. The first-order valence-corrected chi connectivity index (χ1v) is 11.2. The Kier molecular flexibility index (Phi) is 5.37. The van der Waals surface area contributed by atoms with Crippen LogP contribution < -0.4 is 5.46 Å². The molecule has 1 unspecified atom stereocenters. The highest BCUT2D eigenvalue weighted by molar-refractivity contribution is 6.65. The van der Waals surface area contributed by atoms with Gasteiger partial charge in [0.15, 0.2) is 0 Å². The largest absolute Gasteiger partial charge is 0.495 e. The van der Waals surface area contributed by atoms with E-state index in [4.69, 9.17) is 14.0 Å². The van der Waals surface area contributed by atoms with Crippen LogP contribution in [0, 0.1) is 0 Å². The predicted molar refractivity (Wildman–Crippen MR) is 122 cm³/mol. The SMILES string of the molecule is CC(C)(C)OC(=O)N1CCCC(c2cc3c(B4OC(C)(C)C(C)(C)O4)ccnc3[nH]2)C1. The van der Waals surface area contributed by atoms with Crippen LogP contribution in [0.15, 0.2) is 18.3 Å². The smallest absolute Gasteiger partial charge is 0.444 e. The van der Waals surface area contributed by atoms with Gasteiger partial charge in [0.25, 0.3) is 0 Å². The summed E-state index contributed by atoms with van der Waals surface area (Å²) in [6.07, 6.45) is 3.50. The van der Waals surface area contributed by atoms with Crippen LogP contribution in [-0.4, -0.2) is 58.0 Å². The Bertz CT molecular complexity index is 963. The minimum Gasteiger partial charge on any atom is -0.444 e. The highest BCUT2D eigenvalue weighted by Crippen LogP contribution is 2.37. The van der Waals surface area contributed by atoms with Crippen molar-refractivity contribution in [3.8, 4) is 0 Å². The molecule has 31 heavy (non-hydrogen) atoms. The molecule has 2 aromatic rings. The molecule has 1 N–H and O–H groups in total. The number of nitrogens with zero attached hydrogens (tertiary/aromatic N) is 2. The number of hydrogen-bond donors (Lipinski definition) is 1. The average Bonchev–Trinajstić information content (AvgIpc) is 3.18. The average molecular weight is 427 g/mol. The third-order valence-electron chi connectivity index (χ3n) is 6.61. The molecular weight excluding hydrogens is 393 g/mol. The van der Waals surface area contributed by atoms with Crippen LogP contribution >= 0.6 is 0 Å². The second-order valence-electron chi connectivity index (χ2n) is 10.7. The Hall–Kier alpha value is -2.06. The molecule has 0 radical (unpaired) electrons. The molecule has 168 valence electrons. The van der Waals surface area contributed by atoms with Crippen LogP contribution in [0.2, 0.25) is 0 Å². The molecule has 0 saturated carbocycles. The molecule has 1 atom stereocenters. The van der Waals surface area contributed by atoms with Crippen molar-refractivity contribution in [3.05, 3.63) is 24.0 Å². The fraction of sp³-hybridized carbons (Fsp3) is 0.652. The summed E-state index contributed by atoms with van der Waals surface area (Å²) in [6.45, 7) is 15.3. The van der Waals surface area contributed by atoms with E-state index in [0.29, 0.717) is 6.54 Å². The molecule has 2 aromatic heterocycles. The molecule has 1 amide bonds. The molecule has 0 aliphatic carbocycles. The zero-order chi connectivity index (χ0) is 22.6. The number of nitrogens with one attached hydrogen (secondary N) is 1. The van der Waals surface area contributed by atoms with Gasteiger partial charge in [-0.1, -0.05) is 0 Å². The molecule has 0 spiro atoms. The van der Waals surface area contributed by atoms with Crippen molar-refractivity contribution in [1.82, 2.24) is 14.9 Å². The molecule has 4 rings (SSSR count). The molecule has 0 aromatic carbocycles. The number of fused-ring (bicyclic) bond motifs is 1. The van der Waals surface area contributed by atoms with Crippen molar-refractivity contribution in [2.75, 3.05) is 13.1 Å². The summed E-state index contributed by atoms with van der Waals surface area (Å²) in [5, 5.41) is 1.00. The Morgan fingerprint density at radius 3 is 2.58 bits per heavy atom. The van der Waals surface area contributed by atoms with Gasteiger partial charge in [-0.3, -0.25) is 0 Å². The van der Waals surface area contributed by atoms with Gasteiger partial charge in [0.05, 0.1) is 11.2 Å². The van der Waals surface area contributed by atoms with Crippen LogP contribution in [0.3, 0.4) is 0 Å². The van der Waals surface area contributed by atoms with E-state index in [0.717, 1.165) is 41.6 Å². The number of hydrogen-bond acceptors (Lipinski definition) is 5. The lowest BCUT2D eigenvalue weighted by atomic mass is 9.77. The first kappa shape index (κ1) is 22.2. The summed E-state index contributed by atoms with van der Waals surface area (Å²) in [4.78, 5) is 22.4. The lowest BCUT2D eigenvalue weighted by molar-refractivity contribution is 0.00578. The van der Waals surface area contributed by atoms with E-state index in [-0.39, 0.29) is 12.0 Å². The number of rotatable bonds is 2. The first-order valence-electron chi connectivity index (χ1n) is 11.2. The molecular formula is C23H34BN3O4. The van der Waals surface area contributed by atoms with Gasteiger partial charge in [-0.25, -0.2) is 9.78 Å². The second kappa shape index (κ2) is 7.52. The molecule has 4 heterocycles. The van der Waals surface area contributed by atoms with Gasteiger partial charge in [-0.2, -0.15) is 0 Å². The van der Waals surface area contributed by atoms with Crippen LogP contribution in [0.25, 0.3) is 11.0 Å². The molecule has 2 aliphatic rings. The van der Waals surface area contributed by atoms with E-state index >= 15 is 0 Å². The summed E-state index contributed by atoms with van der Waals surface area (Å²) < 4.78 is 18.1. The van der Waals surface area contributed by atoms with Crippen LogP contribution in [0.5, 0.6) is 0 Å². The molecule has 0 bridgehead atoms. The molecule has 2 aliphatic heterocycles. The topological polar surface area (TPSA) is 76.7 Å². The minimum atomic E-state index is -0.493. The van der Waals surface area contributed by atoms with Crippen molar-refractivity contribution < 1.29 is 18.8 Å². The van der Waals surface area contributed by atoms with Gasteiger partial charge < -0.3 is 23.9 Å². The lowest BCUT2D eigenvalue weighted by Gasteiger charge is -2.33. The van der Waals surface area contributed by atoms with E-state index in [9.17, 15) is 4.79 Å². The van der Waals surface area contributed by atoms with E-state index in [2.05, 4.69) is 43.7 Å². The second-order valence-corrected chi connectivity index (χ2v) is 10.7. The van der Waals surface area contributed by atoms with Gasteiger partial charge in [0.1, 0.15) is 11.2 Å². The van der Waals surface area contributed by atoms with E-state index in [1.807, 2.05) is 31.7 Å². The number of piperidine rings is 1. The summed E-state index contributed by atoms with van der Waals surface area (Å²) in [5.74, 6) is 0.210. The minimum absolute atomic E-state index is 0.210. The van der Waals surface area contributed by atoms with Gasteiger partial charge >= 0.3 is 13.2 Å². The molecule has 7 nitrogen and oxygen atoms in total. The van der Waals surface area contributed by atoms with Crippen molar-refractivity contribution >= 4 is 29.7 Å². The number of aromatic nitrogens is 2. The maximum absolute atomic E-state index is 12.6. The van der Waals surface area contributed by atoms with Gasteiger partial charge in [-0.15, -0.1) is 0 Å². The van der Waals surface area contributed by atoms with E-state index in [1.165, 1.54) is 0 Å². The molecule has 8 heteroatoms. The van der Waals surface area contributed by atoms with Gasteiger partial charge in [-0.05, 0) is 78.9 Å². The summed E-state index contributed by atoms with van der Waals surface area (Å²) in [6, 6.07) is 4.11. The Balaban J connectivity index is 1.58. The molecule has 2 saturated heterocycles. The number of pyridine rings is 1. The number of amides is 1. The third kappa shape index (κ3) is 4.33. The predicted octanol–water partition coefficient (Wildman–Crippen LogP) is 3.98. The number of carbonyl (C=O) groups excluding carboxylic acids is 1. The normalized spacial score (nSPS) is 23.4. The number of aromatic amines is 1. The maximum Gasteiger partial charge on any atom is 0.495 e. The van der Waals surface area contributed by atoms with Gasteiger partial charge in [0.2, 0.25) is 0 Å². The zero-order valence-electron chi connectivity index (χ0n) is 19.7. The first-order chi connectivity index (χ1) is 14.4. The quantitative estimate of drug-likeness (QED) is 0.734. The summed E-state index contributed by atoms with van der Waals surface area (Å²) in [5.41, 5.74) is 1.59. The number of H-pyrrole nitrogens is 1. The highest BCUT2D eigenvalue weighted by atomic mass is 16.7. The number of carbonyl (C=O) groups is 1. The highest BCUT2D eigenvalue weighted by Gasteiger charge is 2.52. The lowest BCUT2D eigenvalue weighted by Crippen LogP contribution is -2.42. The van der Waals surface area contributed by atoms with Crippen LogP contribution in [-0.2, 0) is 14.0 Å². The number of ether oxygens (including phenoxy) is 1. The Labute approximate surface area is 185 Å².